The highest BCUT2D eigenvalue weighted by molar-refractivity contribution is 5.27. The third-order valence-corrected chi connectivity index (χ3v) is 3.44. The molecule has 0 spiro atoms. The van der Waals surface area contributed by atoms with Crippen LogP contribution in [0.1, 0.15) is 45.0 Å². The van der Waals surface area contributed by atoms with E-state index in [0.717, 1.165) is 11.4 Å². The zero-order valence-electron chi connectivity index (χ0n) is 11.3. The Labute approximate surface area is 104 Å². The van der Waals surface area contributed by atoms with Gasteiger partial charge in [0.2, 0.25) is 0 Å². The number of nitrogens with zero attached hydrogens (tertiary/aromatic N) is 1. The van der Waals surface area contributed by atoms with E-state index in [1.807, 2.05) is 13.0 Å². The second-order valence-electron chi connectivity index (χ2n) is 4.66. The Balaban J connectivity index is 2.57. The van der Waals surface area contributed by atoms with Crippen molar-refractivity contribution in [3.8, 4) is 5.75 Å². The number of nitrogens with one attached hydrogen (secondary N) is 1. The summed E-state index contributed by atoms with van der Waals surface area (Å²) < 4.78 is 0. The Morgan fingerprint density at radius 3 is 2.53 bits per heavy atom. The second kappa shape index (κ2) is 6.60. The van der Waals surface area contributed by atoms with Crippen LogP contribution in [0.2, 0.25) is 0 Å². The molecule has 0 aromatic carbocycles. The van der Waals surface area contributed by atoms with Crippen LogP contribution in [0.4, 0.5) is 0 Å². The predicted octanol–water partition coefficient (Wildman–Crippen LogP) is 3.01. The molecule has 0 radical (unpaired) electrons. The first-order valence-electron chi connectivity index (χ1n) is 6.47. The maximum absolute atomic E-state index is 9.70. The molecule has 1 aromatic rings. The molecular formula is C14H24N2O. The van der Waals surface area contributed by atoms with Crippen LogP contribution in [0.15, 0.2) is 12.1 Å². The first kappa shape index (κ1) is 14.0. The number of hydrogen-bond acceptors (Lipinski definition) is 3. The Morgan fingerprint density at radius 1 is 1.29 bits per heavy atom. The maximum Gasteiger partial charge on any atom is 0.138 e. The van der Waals surface area contributed by atoms with Gasteiger partial charge >= 0.3 is 0 Å². The predicted molar refractivity (Wildman–Crippen MR) is 71.0 cm³/mol. The molecule has 0 aliphatic rings. The van der Waals surface area contributed by atoms with Crippen LogP contribution in [0.5, 0.6) is 5.75 Å². The molecule has 0 fully saturated rings. The van der Waals surface area contributed by atoms with Gasteiger partial charge in [-0.1, -0.05) is 26.7 Å². The van der Waals surface area contributed by atoms with Crippen molar-refractivity contribution in [3.63, 3.8) is 0 Å². The number of aromatic hydroxyl groups is 1. The van der Waals surface area contributed by atoms with Crippen LogP contribution >= 0.6 is 0 Å². The van der Waals surface area contributed by atoms with Crippen LogP contribution in [0, 0.1) is 12.8 Å². The molecule has 3 nitrogen and oxygen atoms in total. The summed E-state index contributed by atoms with van der Waals surface area (Å²) in [4.78, 5) is 4.34. The lowest BCUT2D eigenvalue weighted by atomic mass is 9.95. The number of aryl methyl sites for hydroxylation is 1. The van der Waals surface area contributed by atoms with E-state index < -0.39 is 0 Å². The zero-order chi connectivity index (χ0) is 12.8. The Morgan fingerprint density at radius 2 is 1.94 bits per heavy atom. The smallest absolute Gasteiger partial charge is 0.138 e. The fourth-order valence-corrected chi connectivity index (χ4v) is 2.15. The maximum atomic E-state index is 9.70. The molecule has 0 bridgehead atoms. The van der Waals surface area contributed by atoms with Crippen molar-refractivity contribution in [3.05, 3.63) is 23.5 Å². The van der Waals surface area contributed by atoms with E-state index in [4.69, 9.17) is 0 Å². The molecule has 1 unspecified atom stereocenters. The Hall–Kier alpha value is -1.09. The lowest BCUT2D eigenvalue weighted by Gasteiger charge is -2.22. The highest BCUT2D eigenvalue weighted by Crippen LogP contribution is 2.17. The normalized spacial score (nSPS) is 13.0. The summed E-state index contributed by atoms with van der Waals surface area (Å²) in [6, 6.07) is 3.98. The highest BCUT2D eigenvalue weighted by Gasteiger charge is 2.13. The molecule has 96 valence electrons. The number of pyridine rings is 1. The van der Waals surface area contributed by atoms with Crippen LogP contribution in [0.3, 0.4) is 0 Å². The molecule has 0 saturated heterocycles. The Kier molecular flexibility index (Phi) is 5.42. The van der Waals surface area contributed by atoms with Gasteiger partial charge in [-0.2, -0.15) is 0 Å². The minimum atomic E-state index is 0.278. The molecule has 1 atom stereocenters. The SMILES string of the molecule is CCC(CC)C(C)NCc1nc(C)ccc1O. The molecule has 0 saturated carbocycles. The molecule has 1 aromatic heterocycles. The molecule has 17 heavy (non-hydrogen) atoms. The van der Waals surface area contributed by atoms with E-state index >= 15 is 0 Å². The van der Waals surface area contributed by atoms with Crippen molar-refractivity contribution < 1.29 is 5.11 Å². The third kappa shape index (κ3) is 4.00. The van der Waals surface area contributed by atoms with Crippen LogP contribution in [0.25, 0.3) is 0 Å². The van der Waals surface area contributed by atoms with E-state index in [1.54, 1.807) is 6.07 Å². The number of aromatic nitrogens is 1. The molecule has 0 amide bonds. The molecule has 1 heterocycles. The van der Waals surface area contributed by atoms with Gasteiger partial charge in [0, 0.05) is 18.3 Å². The van der Waals surface area contributed by atoms with Gasteiger partial charge < -0.3 is 10.4 Å². The molecule has 3 heteroatoms. The Bertz CT molecular complexity index is 348. The summed E-state index contributed by atoms with van der Waals surface area (Å²) in [6.07, 6.45) is 2.36. The average Bonchev–Trinajstić information content (AvgIpc) is 2.32. The summed E-state index contributed by atoms with van der Waals surface area (Å²) in [6.45, 7) is 9.20. The van der Waals surface area contributed by atoms with Gasteiger partial charge in [-0.15, -0.1) is 0 Å². The summed E-state index contributed by atoms with van der Waals surface area (Å²) >= 11 is 0. The summed E-state index contributed by atoms with van der Waals surface area (Å²) in [5.74, 6) is 0.960. The van der Waals surface area contributed by atoms with Crippen molar-refractivity contribution in [1.29, 1.82) is 0 Å². The van der Waals surface area contributed by atoms with Gasteiger partial charge in [0.05, 0.1) is 5.69 Å². The second-order valence-corrected chi connectivity index (χ2v) is 4.66. The number of rotatable bonds is 6. The standard InChI is InChI=1S/C14H24N2O/c1-5-12(6-2)11(4)15-9-13-14(17)8-7-10(3)16-13/h7-8,11-12,15,17H,5-6,9H2,1-4H3. The minimum absolute atomic E-state index is 0.278. The molecule has 0 aliphatic heterocycles. The first-order chi connectivity index (χ1) is 8.08. The highest BCUT2D eigenvalue weighted by atomic mass is 16.3. The van der Waals surface area contributed by atoms with E-state index in [0.29, 0.717) is 18.5 Å². The lowest BCUT2D eigenvalue weighted by molar-refractivity contribution is 0.348. The summed E-state index contributed by atoms with van der Waals surface area (Å²) in [7, 11) is 0. The van der Waals surface area contributed by atoms with Gasteiger partial charge in [-0.05, 0) is 31.9 Å². The zero-order valence-corrected chi connectivity index (χ0v) is 11.3. The summed E-state index contributed by atoms with van der Waals surface area (Å²) in [5.41, 5.74) is 1.68. The van der Waals surface area contributed by atoms with Crippen molar-refractivity contribution in [2.24, 2.45) is 5.92 Å². The fraction of sp³-hybridized carbons (Fsp3) is 0.643. The van der Waals surface area contributed by atoms with Gasteiger partial charge in [-0.3, -0.25) is 4.98 Å². The van der Waals surface area contributed by atoms with Gasteiger partial charge in [0.1, 0.15) is 5.75 Å². The molecule has 2 N–H and O–H groups in total. The quantitative estimate of drug-likeness (QED) is 0.798. The number of hydrogen-bond donors (Lipinski definition) is 2. The van der Waals surface area contributed by atoms with Gasteiger partial charge in [-0.25, -0.2) is 0 Å². The van der Waals surface area contributed by atoms with E-state index in [1.165, 1.54) is 12.8 Å². The van der Waals surface area contributed by atoms with E-state index in [2.05, 4.69) is 31.1 Å². The first-order valence-corrected chi connectivity index (χ1v) is 6.47. The van der Waals surface area contributed by atoms with Crippen LogP contribution in [-0.4, -0.2) is 16.1 Å². The molecular weight excluding hydrogens is 212 g/mol. The molecule has 0 aliphatic carbocycles. The van der Waals surface area contributed by atoms with E-state index in [-0.39, 0.29) is 5.75 Å². The van der Waals surface area contributed by atoms with Crippen LogP contribution in [-0.2, 0) is 6.54 Å². The van der Waals surface area contributed by atoms with Crippen molar-refractivity contribution in [2.45, 2.75) is 53.1 Å². The minimum Gasteiger partial charge on any atom is -0.506 e. The summed E-state index contributed by atoms with van der Waals surface area (Å²) in [5, 5.41) is 13.1. The van der Waals surface area contributed by atoms with Crippen molar-refractivity contribution >= 4 is 0 Å². The van der Waals surface area contributed by atoms with Gasteiger partial charge in [0.15, 0.2) is 0 Å². The van der Waals surface area contributed by atoms with Crippen LogP contribution < -0.4 is 5.32 Å². The molecule has 1 rings (SSSR count). The topological polar surface area (TPSA) is 45.2 Å². The largest absolute Gasteiger partial charge is 0.506 e. The van der Waals surface area contributed by atoms with Crippen molar-refractivity contribution in [2.75, 3.05) is 0 Å². The van der Waals surface area contributed by atoms with Crippen molar-refractivity contribution in [1.82, 2.24) is 10.3 Å². The van der Waals surface area contributed by atoms with E-state index in [9.17, 15) is 5.11 Å². The average molecular weight is 236 g/mol. The lowest BCUT2D eigenvalue weighted by Crippen LogP contribution is -2.32. The third-order valence-electron chi connectivity index (χ3n) is 3.44. The van der Waals surface area contributed by atoms with Gasteiger partial charge in [0.25, 0.3) is 0 Å². The fourth-order valence-electron chi connectivity index (χ4n) is 2.15. The monoisotopic (exact) mass is 236 g/mol.